The fraction of sp³-hybridized carbons (Fsp3) is 0.143. The third-order valence-corrected chi connectivity index (χ3v) is 3.21. The molecule has 3 N–H and O–H groups in total. The van der Waals surface area contributed by atoms with Gasteiger partial charge < -0.3 is 15.7 Å². The summed E-state index contributed by atoms with van der Waals surface area (Å²) in [6.45, 7) is 0.00138. The number of aromatic nitrogens is 1. The van der Waals surface area contributed by atoms with Gasteiger partial charge >= 0.3 is 0 Å². The van der Waals surface area contributed by atoms with Crippen molar-refractivity contribution in [1.29, 1.82) is 0 Å². The van der Waals surface area contributed by atoms with Crippen molar-refractivity contribution in [3.05, 3.63) is 52.8 Å². The SMILES string of the molecule is Nc1ccccc1N(CCO)C(=O)c1ccc(Br)cn1. The Kier molecular flexibility index (Phi) is 4.70. The maximum Gasteiger partial charge on any atom is 0.277 e. The van der Waals surface area contributed by atoms with Crippen LogP contribution < -0.4 is 10.6 Å². The molecule has 0 radical (unpaired) electrons. The van der Waals surface area contributed by atoms with Gasteiger partial charge in [0.1, 0.15) is 5.69 Å². The molecule has 0 saturated carbocycles. The van der Waals surface area contributed by atoms with Crippen molar-refractivity contribution in [2.45, 2.75) is 0 Å². The zero-order valence-corrected chi connectivity index (χ0v) is 12.2. The maximum atomic E-state index is 12.5. The fourth-order valence-electron chi connectivity index (χ4n) is 1.81. The van der Waals surface area contributed by atoms with E-state index in [4.69, 9.17) is 10.8 Å². The Morgan fingerprint density at radius 2 is 2.05 bits per heavy atom. The van der Waals surface area contributed by atoms with Crippen LogP contribution in [0.15, 0.2) is 47.1 Å². The lowest BCUT2D eigenvalue weighted by Gasteiger charge is -2.23. The molecule has 1 amide bonds. The van der Waals surface area contributed by atoms with Crippen molar-refractivity contribution >= 4 is 33.2 Å². The van der Waals surface area contributed by atoms with Gasteiger partial charge in [0.2, 0.25) is 0 Å². The Morgan fingerprint density at radius 3 is 2.65 bits per heavy atom. The highest BCUT2D eigenvalue weighted by atomic mass is 79.9. The highest BCUT2D eigenvalue weighted by Crippen LogP contribution is 2.23. The van der Waals surface area contributed by atoms with Gasteiger partial charge in [0, 0.05) is 17.2 Å². The van der Waals surface area contributed by atoms with Crippen LogP contribution in [0.3, 0.4) is 0 Å². The number of carbonyl (C=O) groups is 1. The van der Waals surface area contributed by atoms with Crippen molar-refractivity contribution < 1.29 is 9.90 Å². The minimum atomic E-state index is -0.301. The van der Waals surface area contributed by atoms with Gasteiger partial charge in [-0.2, -0.15) is 0 Å². The van der Waals surface area contributed by atoms with E-state index in [0.717, 1.165) is 4.47 Å². The van der Waals surface area contributed by atoms with Gasteiger partial charge in [-0.1, -0.05) is 12.1 Å². The highest BCUT2D eigenvalue weighted by Gasteiger charge is 2.19. The standard InChI is InChI=1S/C14H14BrN3O2/c15-10-5-6-12(17-9-10)14(20)18(7-8-19)13-4-2-1-3-11(13)16/h1-6,9,19H,7-8,16H2. The first-order valence-electron chi connectivity index (χ1n) is 6.02. The average molecular weight is 336 g/mol. The summed E-state index contributed by atoms with van der Waals surface area (Å²) >= 11 is 3.27. The molecule has 20 heavy (non-hydrogen) atoms. The zero-order chi connectivity index (χ0) is 14.5. The molecule has 104 valence electrons. The van der Waals surface area contributed by atoms with E-state index >= 15 is 0 Å². The molecule has 0 atom stereocenters. The second-order valence-corrected chi connectivity index (χ2v) is 5.02. The molecular formula is C14H14BrN3O2. The third kappa shape index (κ3) is 3.15. The summed E-state index contributed by atoms with van der Waals surface area (Å²) in [6.07, 6.45) is 1.55. The van der Waals surface area contributed by atoms with Crippen LogP contribution >= 0.6 is 15.9 Å². The molecule has 1 aromatic carbocycles. The van der Waals surface area contributed by atoms with Crippen molar-refractivity contribution in [2.75, 3.05) is 23.8 Å². The highest BCUT2D eigenvalue weighted by molar-refractivity contribution is 9.10. The monoisotopic (exact) mass is 335 g/mol. The Bertz CT molecular complexity index is 602. The number of halogens is 1. The first-order valence-corrected chi connectivity index (χ1v) is 6.81. The minimum Gasteiger partial charge on any atom is -0.397 e. The Hall–Kier alpha value is -1.92. The van der Waals surface area contributed by atoms with Gasteiger partial charge in [-0.3, -0.25) is 4.79 Å². The minimum absolute atomic E-state index is 0.156. The molecule has 0 bridgehead atoms. The molecule has 2 rings (SSSR count). The largest absolute Gasteiger partial charge is 0.397 e. The summed E-state index contributed by atoms with van der Waals surface area (Å²) in [6, 6.07) is 10.4. The number of rotatable bonds is 4. The second kappa shape index (κ2) is 6.49. The number of hydrogen-bond acceptors (Lipinski definition) is 4. The number of anilines is 2. The van der Waals surface area contributed by atoms with E-state index in [1.54, 1.807) is 42.6 Å². The molecule has 0 fully saturated rings. The summed E-state index contributed by atoms with van der Waals surface area (Å²) in [4.78, 5) is 18.0. The molecule has 1 aromatic heterocycles. The molecule has 5 nitrogen and oxygen atoms in total. The number of aliphatic hydroxyl groups excluding tert-OH is 1. The van der Waals surface area contributed by atoms with Crippen LogP contribution in [0.25, 0.3) is 0 Å². The van der Waals surface area contributed by atoms with Gasteiger partial charge in [-0.15, -0.1) is 0 Å². The van der Waals surface area contributed by atoms with Crippen molar-refractivity contribution in [2.24, 2.45) is 0 Å². The molecule has 2 aromatic rings. The number of para-hydroxylation sites is 2. The number of nitrogens with zero attached hydrogens (tertiary/aromatic N) is 2. The summed E-state index contributed by atoms with van der Waals surface area (Å²) < 4.78 is 0.794. The lowest BCUT2D eigenvalue weighted by molar-refractivity contribution is 0.0976. The number of nitrogens with two attached hydrogens (primary N) is 1. The number of aliphatic hydroxyl groups is 1. The predicted octanol–water partition coefficient (Wildman–Crippen LogP) is 2.07. The third-order valence-electron chi connectivity index (χ3n) is 2.74. The summed E-state index contributed by atoms with van der Waals surface area (Å²) in [7, 11) is 0. The van der Waals surface area contributed by atoms with Gasteiger partial charge in [-0.05, 0) is 40.2 Å². The van der Waals surface area contributed by atoms with Crippen LogP contribution in [-0.2, 0) is 0 Å². The first-order chi connectivity index (χ1) is 9.63. The van der Waals surface area contributed by atoms with E-state index < -0.39 is 0 Å². The van der Waals surface area contributed by atoms with Crippen LogP contribution in [0.2, 0.25) is 0 Å². The molecule has 0 unspecified atom stereocenters. The van der Waals surface area contributed by atoms with E-state index in [9.17, 15) is 4.79 Å². The van der Waals surface area contributed by atoms with Gasteiger partial charge in [-0.25, -0.2) is 4.98 Å². The number of hydrogen-bond donors (Lipinski definition) is 2. The molecular weight excluding hydrogens is 322 g/mol. The van der Waals surface area contributed by atoms with Crippen molar-refractivity contribution in [3.63, 3.8) is 0 Å². The predicted molar refractivity (Wildman–Crippen MR) is 81.6 cm³/mol. The lowest BCUT2D eigenvalue weighted by atomic mass is 10.2. The van der Waals surface area contributed by atoms with Crippen LogP contribution in [0, 0.1) is 0 Å². The first kappa shape index (κ1) is 14.5. The van der Waals surface area contributed by atoms with Gasteiger partial charge in [0.15, 0.2) is 0 Å². The molecule has 6 heteroatoms. The normalized spacial score (nSPS) is 10.3. The Morgan fingerprint density at radius 1 is 1.30 bits per heavy atom. The molecule has 0 spiro atoms. The Labute approximate surface area is 125 Å². The smallest absolute Gasteiger partial charge is 0.277 e. The molecule has 0 saturated heterocycles. The molecule has 0 aliphatic carbocycles. The molecule has 1 heterocycles. The van der Waals surface area contributed by atoms with E-state index in [-0.39, 0.29) is 19.1 Å². The molecule has 0 aliphatic heterocycles. The van der Waals surface area contributed by atoms with Crippen LogP contribution in [0.1, 0.15) is 10.5 Å². The summed E-state index contributed by atoms with van der Waals surface area (Å²) in [5, 5.41) is 9.17. The number of benzene rings is 1. The Balaban J connectivity index is 2.36. The number of pyridine rings is 1. The van der Waals surface area contributed by atoms with Crippen molar-refractivity contribution in [3.8, 4) is 0 Å². The molecule has 0 aliphatic rings. The van der Waals surface area contributed by atoms with Gasteiger partial charge in [0.05, 0.1) is 18.0 Å². The van der Waals surface area contributed by atoms with Crippen LogP contribution in [0.5, 0.6) is 0 Å². The van der Waals surface area contributed by atoms with Crippen LogP contribution in [0.4, 0.5) is 11.4 Å². The quantitative estimate of drug-likeness (QED) is 0.838. The zero-order valence-electron chi connectivity index (χ0n) is 10.7. The topological polar surface area (TPSA) is 79.5 Å². The van der Waals surface area contributed by atoms with Gasteiger partial charge in [0.25, 0.3) is 5.91 Å². The van der Waals surface area contributed by atoms with E-state index in [2.05, 4.69) is 20.9 Å². The number of carbonyl (C=O) groups excluding carboxylic acids is 1. The maximum absolute atomic E-state index is 12.5. The number of nitrogen functional groups attached to an aromatic ring is 1. The second-order valence-electron chi connectivity index (χ2n) is 4.10. The average Bonchev–Trinajstić information content (AvgIpc) is 2.46. The van der Waals surface area contributed by atoms with Crippen LogP contribution in [-0.4, -0.2) is 29.1 Å². The summed E-state index contributed by atoms with van der Waals surface area (Å²) in [5.41, 5.74) is 7.23. The lowest BCUT2D eigenvalue weighted by Crippen LogP contribution is -2.34. The van der Waals surface area contributed by atoms with E-state index in [1.165, 1.54) is 4.90 Å². The van der Waals surface area contributed by atoms with E-state index in [0.29, 0.717) is 17.1 Å². The fourth-order valence-corrected chi connectivity index (χ4v) is 2.04. The summed E-state index contributed by atoms with van der Waals surface area (Å²) in [5.74, 6) is -0.301. The van der Waals surface area contributed by atoms with E-state index in [1.807, 2.05) is 0 Å². The number of amides is 1. The van der Waals surface area contributed by atoms with Crippen molar-refractivity contribution in [1.82, 2.24) is 4.98 Å².